The van der Waals surface area contributed by atoms with Crippen LogP contribution in [0.3, 0.4) is 0 Å². The Bertz CT molecular complexity index is 895. The van der Waals surface area contributed by atoms with Gasteiger partial charge in [0.05, 0.1) is 6.61 Å². The Labute approximate surface area is 295 Å². The molecule has 0 aromatic heterocycles. The Morgan fingerprint density at radius 1 is 0.500 bits per heavy atom. The van der Waals surface area contributed by atoms with Gasteiger partial charge in [-0.05, 0) is 83.5 Å². The molecule has 0 aromatic rings. The number of carbonyl (C=O) groups excluding carboxylic acids is 2. The third-order valence-corrected chi connectivity index (χ3v) is 7.98. The number of aliphatic hydroxyl groups excluding tert-OH is 1. The highest BCUT2D eigenvalue weighted by molar-refractivity contribution is 5.70. The van der Waals surface area contributed by atoms with Gasteiger partial charge in [0.2, 0.25) is 0 Å². The lowest BCUT2D eigenvalue weighted by Crippen LogP contribution is -2.28. The quantitative estimate of drug-likeness (QED) is 0.0420. The van der Waals surface area contributed by atoms with Gasteiger partial charge >= 0.3 is 11.9 Å². The van der Waals surface area contributed by atoms with E-state index in [1.807, 2.05) is 0 Å². The molecule has 0 aromatic carbocycles. The molecule has 1 N–H and O–H groups in total. The van der Waals surface area contributed by atoms with Crippen molar-refractivity contribution in [2.45, 2.75) is 174 Å². The van der Waals surface area contributed by atoms with Crippen LogP contribution in [0.5, 0.6) is 0 Å². The average molecular weight is 669 g/mol. The van der Waals surface area contributed by atoms with Gasteiger partial charge in [0.1, 0.15) is 6.61 Å². The summed E-state index contributed by atoms with van der Waals surface area (Å²) in [6.07, 6.45) is 51.0. The summed E-state index contributed by atoms with van der Waals surface area (Å²) in [7, 11) is 0. The van der Waals surface area contributed by atoms with Crippen LogP contribution in [0.25, 0.3) is 0 Å². The molecule has 0 heterocycles. The third kappa shape index (κ3) is 36.2. The van der Waals surface area contributed by atoms with Gasteiger partial charge < -0.3 is 14.6 Å². The molecule has 0 bridgehead atoms. The third-order valence-electron chi connectivity index (χ3n) is 7.98. The minimum atomic E-state index is -0.790. The number of esters is 2. The second kappa shape index (κ2) is 38.8. The lowest BCUT2D eigenvalue weighted by Gasteiger charge is -2.15. The van der Waals surface area contributed by atoms with Gasteiger partial charge in [0.15, 0.2) is 6.10 Å². The molecule has 0 aliphatic heterocycles. The number of allylic oxidation sites excluding steroid dienone is 12. The molecule has 1 atom stereocenters. The zero-order chi connectivity index (χ0) is 35.0. The monoisotopic (exact) mass is 669 g/mol. The standard InChI is InChI=1S/C43H72O5/c1-3-5-7-9-11-13-15-17-19-21-23-25-27-29-31-33-35-37-42(45)47-40-41(39-44)48-43(46)38-36-34-32-30-28-26-24-22-20-18-16-14-12-10-8-6-4-2/h6,8,11-14,17-20,24,26,41,44H,3-5,7,9-10,15-16,21-23,25,27-40H2,1-2H3/b8-6-,13-11-,14-12-,19-17-,20-18-,26-24-/t41-/m0/s1. The Hall–Kier alpha value is -2.66. The van der Waals surface area contributed by atoms with Crippen LogP contribution < -0.4 is 0 Å². The molecule has 0 saturated carbocycles. The molecule has 0 rings (SSSR count). The van der Waals surface area contributed by atoms with Crippen molar-refractivity contribution in [2.75, 3.05) is 13.2 Å². The van der Waals surface area contributed by atoms with Crippen molar-refractivity contribution in [3.05, 3.63) is 72.9 Å². The van der Waals surface area contributed by atoms with Gasteiger partial charge in [-0.2, -0.15) is 0 Å². The predicted octanol–water partition coefficient (Wildman–Crippen LogP) is 12.2. The molecule has 0 aliphatic rings. The van der Waals surface area contributed by atoms with Crippen molar-refractivity contribution in [2.24, 2.45) is 0 Å². The molecule has 0 saturated heterocycles. The van der Waals surface area contributed by atoms with E-state index in [1.165, 1.54) is 51.4 Å². The molecular formula is C43H72O5. The number of ether oxygens (including phenoxy) is 2. The van der Waals surface area contributed by atoms with Crippen molar-refractivity contribution in [3.63, 3.8) is 0 Å². The molecule has 48 heavy (non-hydrogen) atoms. The Balaban J connectivity index is 3.64. The molecule has 0 radical (unpaired) electrons. The first-order valence-electron chi connectivity index (χ1n) is 19.5. The molecule has 0 amide bonds. The van der Waals surface area contributed by atoms with E-state index in [-0.39, 0.29) is 25.2 Å². The van der Waals surface area contributed by atoms with E-state index in [2.05, 4.69) is 86.8 Å². The van der Waals surface area contributed by atoms with Gasteiger partial charge in [-0.3, -0.25) is 9.59 Å². The summed E-state index contributed by atoms with van der Waals surface area (Å²) in [6.45, 7) is 3.96. The first-order valence-corrected chi connectivity index (χ1v) is 19.5. The first kappa shape index (κ1) is 45.3. The van der Waals surface area contributed by atoms with Gasteiger partial charge in [-0.15, -0.1) is 0 Å². The summed E-state index contributed by atoms with van der Waals surface area (Å²) < 4.78 is 10.6. The van der Waals surface area contributed by atoms with Gasteiger partial charge in [-0.25, -0.2) is 0 Å². The second-order valence-corrected chi connectivity index (χ2v) is 12.6. The smallest absolute Gasteiger partial charge is 0.306 e. The van der Waals surface area contributed by atoms with Crippen LogP contribution in [0.1, 0.15) is 168 Å². The fraction of sp³-hybridized carbons (Fsp3) is 0.674. The van der Waals surface area contributed by atoms with Gasteiger partial charge in [0.25, 0.3) is 0 Å². The van der Waals surface area contributed by atoms with E-state index in [0.717, 1.165) is 89.9 Å². The fourth-order valence-electron chi connectivity index (χ4n) is 5.04. The minimum Gasteiger partial charge on any atom is -0.462 e. The average Bonchev–Trinajstić information content (AvgIpc) is 3.09. The normalized spacial score (nSPS) is 13.0. The van der Waals surface area contributed by atoms with E-state index in [9.17, 15) is 14.7 Å². The SMILES string of the molecule is CC/C=C\C/C=C\C/C=C\C/C=C\CCCCCCC(=O)O[C@@H](CO)COC(=O)CCCCCCCCC/C=C\C/C=C\CCCCC. The molecule has 0 spiro atoms. The highest BCUT2D eigenvalue weighted by atomic mass is 16.6. The maximum atomic E-state index is 12.2. The van der Waals surface area contributed by atoms with E-state index >= 15 is 0 Å². The summed E-state index contributed by atoms with van der Waals surface area (Å²) in [5.41, 5.74) is 0. The maximum Gasteiger partial charge on any atom is 0.306 e. The van der Waals surface area contributed by atoms with Crippen LogP contribution in [0.4, 0.5) is 0 Å². The van der Waals surface area contributed by atoms with Gasteiger partial charge in [-0.1, -0.05) is 145 Å². The Kier molecular flexibility index (Phi) is 36.6. The van der Waals surface area contributed by atoms with Crippen LogP contribution in [0, 0.1) is 0 Å². The van der Waals surface area contributed by atoms with Gasteiger partial charge in [0, 0.05) is 12.8 Å². The second-order valence-electron chi connectivity index (χ2n) is 12.6. The number of unbranched alkanes of at least 4 members (excludes halogenated alkanes) is 14. The van der Waals surface area contributed by atoms with Crippen LogP contribution >= 0.6 is 0 Å². The Morgan fingerprint density at radius 3 is 1.35 bits per heavy atom. The first-order chi connectivity index (χ1) is 23.6. The number of aliphatic hydroxyl groups is 1. The lowest BCUT2D eigenvalue weighted by molar-refractivity contribution is -0.161. The summed E-state index contributed by atoms with van der Waals surface area (Å²) in [4.78, 5) is 24.2. The summed E-state index contributed by atoms with van der Waals surface area (Å²) in [5.74, 6) is -0.634. The highest BCUT2D eigenvalue weighted by Gasteiger charge is 2.16. The van der Waals surface area contributed by atoms with Crippen molar-refractivity contribution >= 4 is 11.9 Å². The number of hydrogen-bond acceptors (Lipinski definition) is 5. The van der Waals surface area contributed by atoms with Crippen molar-refractivity contribution in [1.82, 2.24) is 0 Å². The molecule has 274 valence electrons. The topological polar surface area (TPSA) is 72.8 Å². The van der Waals surface area contributed by atoms with Crippen molar-refractivity contribution in [1.29, 1.82) is 0 Å². The zero-order valence-electron chi connectivity index (χ0n) is 31.0. The van der Waals surface area contributed by atoms with E-state index in [4.69, 9.17) is 9.47 Å². The summed E-state index contributed by atoms with van der Waals surface area (Å²) >= 11 is 0. The summed E-state index contributed by atoms with van der Waals surface area (Å²) in [6, 6.07) is 0. The highest BCUT2D eigenvalue weighted by Crippen LogP contribution is 2.12. The van der Waals surface area contributed by atoms with Crippen LogP contribution in [-0.4, -0.2) is 36.4 Å². The lowest BCUT2D eigenvalue weighted by atomic mass is 10.1. The molecule has 0 unspecified atom stereocenters. The van der Waals surface area contributed by atoms with Crippen LogP contribution in [0.15, 0.2) is 72.9 Å². The fourth-order valence-corrected chi connectivity index (χ4v) is 5.04. The maximum absolute atomic E-state index is 12.2. The molecule has 5 heteroatoms. The van der Waals surface area contributed by atoms with E-state index < -0.39 is 6.10 Å². The van der Waals surface area contributed by atoms with Crippen molar-refractivity contribution < 1.29 is 24.2 Å². The minimum absolute atomic E-state index is 0.0837. The summed E-state index contributed by atoms with van der Waals surface area (Å²) in [5, 5.41) is 9.55. The molecule has 5 nitrogen and oxygen atoms in total. The molecular weight excluding hydrogens is 596 g/mol. The predicted molar refractivity (Wildman–Crippen MR) is 205 cm³/mol. The Morgan fingerprint density at radius 2 is 0.896 bits per heavy atom. The van der Waals surface area contributed by atoms with Crippen molar-refractivity contribution in [3.8, 4) is 0 Å². The number of rotatable bonds is 34. The zero-order valence-corrected chi connectivity index (χ0v) is 31.0. The molecule has 0 fully saturated rings. The number of hydrogen-bond donors (Lipinski definition) is 1. The largest absolute Gasteiger partial charge is 0.462 e. The van der Waals surface area contributed by atoms with E-state index in [1.54, 1.807) is 0 Å². The van der Waals surface area contributed by atoms with Crippen LogP contribution in [-0.2, 0) is 19.1 Å². The van der Waals surface area contributed by atoms with Crippen LogP contribution in [0.2, 0.25) is 0 Å². The van der Waals surface area contributed by atoms with E-state index in [0.29, 0.717) is 12.8 Å². The number of carbonyl (C=O) groups is 2. The molecule has 0 aliphatic carbocycles.